The Labute approximate surface area is 145 Å². The lowest BCUT2D eigenvalue weighted by molar-refractivity contribution is 0.0144. The highest BCUT2D eigenvalue weighted by molar-refractivity contribution is 5.74. The third kappa shape index (κ3) is 6.19. The molecule has 0 unspecified atom stereocenters. The lowest BCUT2D eigenvalue weighted by atomic mass is 10.2. The lowest BCUT2D eigenvalue weighted by Crippen LogP contribution is -2.50. The van der Waals surface area contributed by atoms with Gasteiger partial charge in [0.1, 0.15) is 5.60 Å². The third-order valence-electron chi connectivity index (χ3n) is 4.34. The zero-order valence-electron chi connectivity index (χ0n) is 15.3. The Morgan fingerprint density at radius 1 is 0.958 bits per heavy atom. The van der Waals surface area contributed by atoms with Crippen LogP contribution in [0.1, 0.15) is 40.0 Å². The number of rotatable bonds is 4. The first kappa shape index (κ1) is 18.8. The van der Waals surface area contributed by atoms with E-state index in [0.717, 1.165) is 52.0 Å². The molecule has 0 aromatic rings. The van der Waals surface area contributed by atoms with Gasteiger partial charge in [0.2, 0.25) is 0 Å². The molecule has 2 saturated heterocycles. The number of hydrogen-bond donors (Lipinski definition) is 1. The van der Waals surface area contributed by atoms with Crippen LogP contribution in [0.3, 0.4) is 0 Å². The summed E-state index contributed by atoms with van der Waals surface area (Å²) in [6.07, 6.45) is 2.96. The van der Waals surface area contributed by atoms with Crippen molar-refractivity contribution < 1.29 is 14.3 Å². The van der Waals surface area contributed by atoms with E-state index in [4.69, 9.17) is 4.74 Å². The van der Waals surface area contributed by atoms with Crippen LogP contribution in [0.4, 0.5) is 9.59 Å². The van der Waals surface area contributed by atoms with Crippen LogP contribution < -0.4 is 5.32 Å². The summed E-state index contributed by atoms with van der Waals surface area (Å²) in [6.45, 7) is 12.2. The molecule has 24 heavy (non-hydrogen) atoms. The molecule has 7 heteroatoms. The average molecular weight is 340 g/mol. The fourth-order valence-corrected chi connectivity index (χ4v) is 3.01. The monoisotopic (exact) mass is 340 g/mol. The van der Waals surface area contributed by atoms with Crippen molar-refractivity contribution in [3.8, 4) is 0 Å². The highest BCUT2D eigenvalue weighted by Crippen LogP contribution is 2.12. The van der Waals surface area contributed by atoms with Crippen LogP contribution in [-0.4, -0.2) is 84.8 Å². The summed E-state index contributed by atoms with van der Waals surface area (Å²) in [4.78, 5) is 29.9. The van der Waals surface area contributed by atoms with Gasteiger partial charge in [-0.05, 0) is 46.6 Å². The SMILES string of the molecule is CC(C)(C)OC(=O)N1CCN(CCCNC(=O)N2CCCC2)CC1. The van der Waals surface area contributed by atoms with Crippen molar-refractivity contribution in [2.24, 2.45) is 0 Å². The number of hydrogen-bond acceptors (Lipinski definition) is 4. The van der Waals surface area contributed by atoms with E-state index >= 15 is 0 Å². The first-order valence-corrected chi connectivity index (χ1v) is 9.08. The quantitative estimate of drug-likeness (QED) is 0.792. The van der Waals surface area contributed by atoms with Gasteiger partial charge in [-0.3, -0.25) is 4.90 Å². The Morgan fingerprint density at radius 2 is 1.58 bits per heavy atom. The first-order valence-electron chi connectivity index (χ1n) is 9.08. The van der Waals surface area contributed by atoms with Crippen LogP contribution in [0.2, 0.25) is 0 Å². The average Bonchev–Trinajstić information content (AvgIpc) is 3.04. The standard InChI is InChI=1S/C17H32N4O3/c1-17(2,3)24-16(23)21-13-11-19(12-14-21)8-6-7-18-15(22)20-9-4-5-10-20/h4-14H2,1-3H3,(H,18,22). The molecular formula is C17H32N4O3. The van der Waals surface area contributed by atoms with E-state index < -0.39 is 5.60 Å². The third-order valence-corrected chi connectivity index (χ3v) is 4.34. The maximum atomic E-state index is 12.0. The van der Waals surface area contributed by atoms with Crippen LogP contribution >= 0.6 is 0 Å². The second-order valence-electron chi connectivity index (χ2n) is 7.59. The van der Waals surface area contributed by atoms with Gasteiger partial charge >= 0.3 is 12.1 Å². The molecule has 0 aromatic heterocycles. The number of amides is 3. The van der Waals surface area contributed by atoms with Gasteiger partial charge in [-0.1, -0.05) is 0 Å². The minimum atomic E-state index is -0.443. The van der Waals surface area contributed by atoms with Gasteiger partial charge in [0.15, 0.2) is 0 Å². The molecule has 0 atom stereocenters. The Balaban J connectivity index is 1.56. The number of nitrogens with one attached hydrogen (secondary N) is 1. The molecule has 2 fully saturated rings. The number of urea groups is 1. The summed E-state index contributed by atoms with van der Waals surface area (Å²) in [7, 11) is 0. The number of ether oxygens (including phenoxy) is 1. The first-order chi connectivity index (χ1) is 11.3. The number of carbonyl (C=O) groups is 2. The minimum Gasteiger partial charge on any atom is -0.444 e. The van der Waals surface area contributed by atoms with Crippen LogP contribution in [-0.2, 0) is 4.74 Å². The van der Waals surface area contributed by atoms with Gasteiger partial charge in [-0.15, -0.1) is 0 Å². The van der Waals surface area contributed by atoms with Crippen molar-refractivity contribution in [1.82, 2.24) is 20.0 Å². The van der Waals surface area contributed by atoms with Crippen molar-refractivity contribution in [1.29, 1.82) is 0 Å². The summed E-state index contributed by atoms with van der Waals surface area (Å²) < 4.78 is 5.40. The van der Waals surface area contributed by atoms with Crippen molar-refractivity contribution in [2.45, 2.75) is 45.6 Å². The summed E-state index contributed by atoms with van der Waals surface area (Å²) >= 11 is 0. The van der Waals surface area contributed by atoms with Crippen LogP contribution in [0.25, 0.3) is 0 Å². The molecule has 0 radical (unpaired) electrons. The lowest BCUT2D eigenvalue weighted by Gasteiger charge is -2.35. The normalized spacial score (nSPS) is 19.5. The number of likely N-dealkylation sites (tertiary alicyclic amines) is 1. The molecular weight excluding hydrogens is 308 g/mol. The summed E-state index contributed by atoms with van der Waals surface area (Å²) in [5.74, 6) is 0. The molecule has 2 heterocycles. The highest BCUT2D eigenvalue weighted by atomic mass is 16.6. The van der Waals surface area contributed by atoms with Crippen molar-refractivity contribution in [2.75, 3.05) is 52.4 Å². The van der Waals surface area contributed by atoms with E-state index in [2.05, 4.69) is 10.2 Å². The molecule has 0 saturated carbocycles. The molecule has 2 aliphatic heterocycles. The molecule has 7 nitrogen and oxygen atoms in total. The van der Waals surface area contributed by atoms with E-state index in [1.807, 2.05) is 25.7 Å². The smallest absolute Gasteiger partial charge is 0.410 e. The van der Waals surface area contributed by atoms with E-state index in [0.29, 0.717) is 19.6 Å². The van der Waals surface area contributed by atoms with Gasteiger partial charge < -0.3 is 19.9 Å². The van der Waals surface area contributed by atoms with E-state index in [9.17, 15) is 9.59 Å². The Bertz CT molecular complexity index is 422. The fourth-order valence-electron chi connectivity index (χ4n) is 3.01. The Hall–Kier alpha value is -1.50. The van der Waals surface area contributed by atoms with Crippen molar-refractivity contribution in [3.63, 3.8) is 0 Å². The number of nitrogens with zero attached hydrogens (tertiary/aromatic N) is 3. The molecule has 0 aromatic carbocycles. The molecule has 2 rings (SSSR count). The van der Waals surface area contributed by atoms with Gasteiger partial charge in [0.05, 0.1) is 0 Å². The Morgan fingerprint density at radius 3 is 2.17 bits per heavy atom. The molecule has 1 N–H and O–H groups in total. The van der Waals surface area contributed by atoms with Gasteiger partial charge in [-0.25, -0.2) is 9.59 Å². The minimum absolute atomic E-state index is 0.0715. The molecule has 0 bridgehead atoms. The fraction of sp³-hybridized carbons (Fsp3) is 0.882. The number of piperazine rings is 1. The second kappa shape index (κ2) is 8.55. The van der Waals surface area contributed by atoms with E-state index in [1.54, 1.807) is 4.90 Å². The summed E-state index contributed by atoms with van der Waals surface area (Å²) in [6, 6.07) is 0.0715. The van der Waals surface area contributed by atoms with Gasteiger partial charge in [0.25, 0.3) is 0 Å². The van der Waals surface area contributed by atoms with Crippen LogP contribution in [0.15, 0.2) is 0 Å². The van der Waals surface area contributed by atoms with Crippen molar-refractivity contribution >= 4 is 12.1 Å². The highest BCUT2D eigenvalue weighted by Gasteiger charge is 2.25. The molecule has 3 amide bonds. The maximum absolute atomic E-state index is 12.0. The van der Waals surface area contributed by atoms with Gasteiger partial charge in [-0.2, -0.15) is 0 Å². The largest absolute Gasteiger partial charge is 0.444 e. The molecule has 0 aliphatic carbocycles. The van der Waals surface area contributed by atoms with E-state index in [1.165, 1.54) is 0 Å². The number of carbonyl (C=O) groups excluding carboxylic acids is 2. The van der Waals surface area contributed by atoms with E-state index in [-0.39, 0.29) is 12.1 Å². The van der Waals surface area contributed by atoms with Gasteiger partial charge in [0, 0.05) is 45.8 Å². The van der Waals surface area contributed by atoms with Crippen LogP contribution in [0.5, 0.6) is 0 Å². The second-order valence-corrected chi connectivity index (χ2v) is 7.59. The predicted octanol–water partition coefficient (Wildman–Crippen LogP) is 1.73. The summed E-state index contributed by atoms with van der Waals surface area (Å²) in [5, 5.41) is 2.99. The van der Waals surface area contributed by atoms with Crippen LogP contribution in [0, 0.1) is 0 Å². The zero-order valence-corrected chi connectivity index (χ0v) is 15.3. The summed E-state index contributed by atoms with van der Waals surface area (Å²) in [5.41, 5.74) is -0.443. The topological polar surface area (TPSA) is 65.1 Å². The van der Waals surface area contributed by atoms with Crippen molar-refractivity contribution in [3.05, 3.63) is 0 Å². The Kier molecular flexibility index (Phi) is 6.71. The molecule has 2 aliphatic rings. The zero-order chi connectivity index (χ0) is 17.6. The maximum Gasteiger partial charge on any atom is 0.410 e. The molecule has 0 spiro atoms. The predicted molar refractivity (Wildman–Crippen MR) is 93.1 cm³/mol. The molecule has 138 valence electrons.